The van der Waals surface area contributed by atoms with Gasteiger partial charge in [-0.15, -0.1) is 0 Å². The van der Waals surface area contributed by atoms with Gasteiger partial charge in [0.2, 0.25) is 11.9 Å². The lowest BCUT2D eigenvalue weighted by Gasteiger charge is -2.36. The number of benzene rings is 1. The molecule has 1 aromatic heterocycles. The molecule has 1 fully saturated rings. The number of carbonyl (C=O) groups is 2. The van der Waals surface area contributed by atoms with E-state index in [-0.39, 0.29) is 5.91 Å². The number of amides is 2. The van der Waals surface area contributed by atoms with Crippen LogP contribution >= 0.6 is 0 Å². The van der Waals surface area contributed by atoms with Crippen molar-refractivity contribution in [3.05, 3.63) is 54.4 Å². The van der Waals surface area contributed by atoms with Crippen molar-refractivity contribution in [2.24, 2.45) is 0 Å². The molecule has 1 aliphatic rings. The minimum Gasteiger partial charge on any atom is -0.444 e. The SMILES string of the molecule is CC(C)(C)OC(=O)N[C@@H](Cc1ccccc1)C(=O)N1CCN(c2ncccn2)CC1. The second kappa shape index (κ2) is 9.56. The first-order chi connectivity index (χ1) is 14.3. The zero-order valence-electron chi connectivity index (χ0n) is 17.7. The molecule has 1 aliphatic heterocycles. The number of ether oxygens (including phenoxy) is 1. The molecule has 1 atom stereocenters. The maximum atomic E-state index is 13.3. The van der Waals surface area contributed by atoms with E-state index in [1.165, 1.54) is 0 Å². The number of alkyl carbamates (subject to hydrolysis) is 1. The van der Waals surface area contributed by atoms with Gasteiger partial charge in [0.25, 0.3) is 0 Å². The van der Waals surface area contributed by atoms with Crippen LogP contribution in [0.3, 0.4) is 0 Å². The first kappa shape index (κ1) is 21.5. The molecule has 1 aromatic carbocycles. The third kappa shape index (κ3) is 6.17. The number of anilines is 1. The van der Waals surface area contributed by atoms with Gasteiger partial charge in [-0.2, -0.15) is 0 Å². The highest BCUT2D eigenvalue weighted by atomic mass is 16.6. The summed E-state index contributed by atoms with van der Waals surface area (Å²) in [5.41, 5.74) is 0.342. The Labute approximate surface area is 177 Å². The Hall–Kier alpha value is -3.16. The molecular weight excluding hydrogens is 382 g/mol. The Morgan fingerprint density at radius 3 is 2.27 bits per heavy atom. The lowest BCUT2D eigenvalue weighted by molar-refractivity contribution is -0.133. The van der Waals surface area contributed by atoms with E-state index in [2.05, 4.69) is 20.2 Å². The van der Waals surface area contributed by atoms with Crippen molar-refractivity contribution in [1.29, 1.82) is 0 Å². The third-order valence-corrected chi connectivity index (χ3v) is 4.70. The van der Waals surface area contributed by atoms with Crippen LogP contribution in [-0.4, -0.2) is 64.7 Å². The highest BCUT2D eigenvalue weighted by Gasteiger charge is 2.30. The molecule has 0 unspecified atom stereocenters. The van der Waals surface area contributed by atoms with E-state index < -0.39 is 17.7 Å². The van der Waals surface area contributed by atoms with Crippen LogP contribution < -0.4 is 10.2 Å². The van der Waals surface area contributed by atoms with Gasteiger partial charge < -0.3 is 19.9 Å². The molecule has 2 aromatic rings. The van der Waals surface area contributed by atoms with Crippen molar-refractivity contribution >= 4 is 17.9 Å². The Morgan fingerprint density at radius 2 is 1.67 bits per heavy atom. The van der Waals surface area contributed by atoms with Gasteiger partial charge in [-0.1, -0.05) is 30.3 Å². The van der Waals surface area contributed by atoms with Crippen molar-refractivity contribution in [1.82, 2.24) is 20.2 Å². The second-order valence-electron chi connectivity index (χ2n) is 8.25. The van der Waals surface area contributed by atoms with Gasteiger partial charge in [0.05, 0.1) is 0 Å². The quantitative estimate of drug-likeness (QED) is 0.812. The fourth-order valence-electron chi connectivity index (χ4n) is 3.30. The number of piperazine rings is 1. The van der Waals surface area contributed by atoms with Crippen molar-refractivity contribution in [2.75, 3.05) is 31.1 Å². The summed E-state index contributed by atoms with van der Waals surface area (Å²) in [6.45, 7) is 7.75. The van der Waals surface area contributed by atoms with Gasteiger partial charge >= 0.3 is 6.09 Å². The lowest BCUT2D eigenvalue weighted by atomic mass is 10.0. The molecule has 0 bridgehead atoms. The summed E-state index contributed by atoms with van der Waals surface area (Å²) < 4.78 is 5.37. The molecule has 2 heterocycles. The Balaban J connectivity index is 1.66. The van der Waals surface area contributed by atoms with Crippen molar-refractivity contribution in [3.8, 4) is 0 Å². The van der Waals surface area contributed by atoms with Crippen LogP contribution in [-0.2, 0) is 16.0 Å². The van der Waals surface area contributed by atoms with E-state index >= 15 is 0 Å². The highest BCUT2D eigenvalue weighted by Crippen LogP contribution is 2.13. The molecule has 8 nitrogen and oxygen atoms in total. The number of carbonyl (C=O) groups excluding carboxylic acids is 2. The van der Waals surface area contributed by atoms with Crippen molar-refractivity contribution < 1.29 is 14.3 Å². The standard InChI is InChI=1S/C22H29N5O3/c1-22(2,3)30-21(29)25-18(16-17-8-5-4-6-9-17)19(28)26-12-14-27(15-13-26)20-23-10-7-11-24-20/h4-11,18H,12-16H2,1-3H3,(H,25,29)/t18-/m0/s1. The molecule has 160 valence electrons. The molecule has 3 rings (SSSR count). The zero-order valence-corrected chi connectivity index (χ0v) is 17.7. The maximum Gasteiger partial charge on any atom is 0.408 e. The van der Waals surface area contributed by atoms with E-state index in [0.29, 0.717) is 38.5 Å². The number of aromatic nitrogens is 2. The third-order valence-electron chi connectivity index (χ3n) is 4.70. The van der Waals surface area contributed by atoms with E-state index in [4.69, 9.17) is 4.74 Å². The zero-order chi connectivity index (χ0) is 21.6. The summed E-state index contributed by atoms with van der Waals surface area (Å²) in [7, 11) is 0. The van der Waals surface area contributed by atoms with Crippen LogP contribution in [0.15, 0.2) is 48.8 Å². The predicted octanol–water partition coefficient (Wildman–Crippen LogP) is 2.26. The highest BCUT2D eigenvalue weighted by molar-refractivity contribution is 5.86. The van der Waals surface area contributed by atoms with Crippen LogP contribution in [0.2, 0.25) is 0 Å². The molecule has 2 amide bonds. The molecule has 0 saturated carbocycles. The summed E-state index contributed by atoms with van der Waals surface area (Å²) >= 11 is 0. The number of nitrogens with one attached hydrogen (secondary N) is 1. The maximum absolute atomic E-state index is 13.3. The van der Waals surface area contributed by atoms with E-state index in [0.717, 1.165) is 5.56 Å². The fourth-order valence-corrected chi connectivity index (χ4v) is 3.30. The summed E-state index contributed by atoms with van der Waals surface area (Å²) in [4.78, 5) is 38.0. The van der Waals surface area contributed by atoms with Crippen LogP contribution in [0.5, 0.6) is 0 Å². The number of nitrogens with zero attached hydrogens (tertiary/aromatic N) is 4. The van der Waals surface area contributed by atoms with Crippen molar-refractivity contribution in [3.63, 3.8) is 0 Å². The molecule has 0 spiro atoms. The smallest absolute Gasteiger partial charge is 0.408 e. The second-order valence-corrected chi connectivity index (χ2v) is 8.25. The molecule has 0 aliphatic carbocycles. The van der Waals surface area contributed by atoms with E-state index in [1.807, 2.05) is 30.3 Å². The van der Waals surface area contributed by atoms with Crippen LogP contribution in [0.1, 0.15) is 26.3 Å². The molecular formula is C22H29N5O3. The lowest BCUT2D eigenvalue weighted by Crippen LogP contribution is -2.56. The minimum atomic E-state index is -0.693. The molecule has 1 N–H and O–H groups in total. The molecule has 1 saturated heterocycles. The average molecular weight is 412 g/mol. The van der Waals surface area contributed by atoms with Crippen LogP contribution in [0.4, 0.5) is 10.7 Å². The number of hydrogen-bond donors (Lipinski definition) is 1. The van der Waals surface area contributed by atoms with Crippen molar-refractivity contribution in [2.45, 2.75) is 38.8 Å². The predicted molar refractivity (Wildman–Crippen MR) is 114 cm³/mol. The average Bonchev–Trinajstić information content (AvgIpc) is 2.73. The summed E-state index contributed by atoms with van der Waals surface area (Å²) in [5.74, 6) is 0.552. The topological polar surface area (TPSA) is 87.7 Å². The van der Waals surface area contributed by atoms with Crippen LogP contribution in [0.25, 0.3) is 0 Å². The Morgan fingerprint density at radius 1 is 1.03 bits per heavy atom. The normalized spacial score (nSPS) is 15.4. The molecule has 30 heavy (non-hydrogen) atoms. The summed E-state index contributed by atoms with van der Waals surface area (Å²) in [6, 6.07) is 10.7. The first-order valence-electron chi connectivity index (χ1n) is 10.2. The van der Waals surface area contributed by atoms with Gasteiger partial charge in [0.1, 0.15) is 11.6 Å². The van der Waals surface area contributed by atoms with Gasteiger partial charge in [0, 0.05) is 45.0 Å². The van der Waals surface area contributed by atoms with E-state index in [9.17, 15) is 9.59 Å². The summed E-state index contributed by atoms with van der Waals surface area (Å²) in [6.07, 6.45) is 3.23. The van der Waals surface area contributed by atoms with E-state index in [1.54, 1.807) is 44.1 Å². The number of rotatable bonds is 5. The van der Waals surface area contributed by atoms with Gasteiger partial charge in [-0.05, 0) is 32.4 Å². The largest absolute Gasteiger partial charge is 0.444 e. The van der Waals surface area contributed by atoms with Gasteiger partial charge in [-0.25, -0.2) is 14.8 Å². The van der Waals surface area contributed by atoms with Crippen LogP contribution in [0, 0.1) is 0 Å². The molecule has 8 heteroatoms. The Kier molecular flexibility index (Phi) is 6.87. The summed E-state index contributed by atoms with van der Waals surface area (Å²) in [5, 5.41) is 2.77. The molecule has 0 radical (unpaired) electrons. The number of hydrogen-bond acceptors (Lipinski definition) is 6. The van der Waals surface area contributed by atoms with Gasteiger partial charge in [-0.3, -0.25) is 4.79 Å². The first-order valence-corrected chi connectivity index (χ1v) is 10.2. The Bertz CT molecular complexity index is 831. The van der Waals surface area contributed by atoms with Gasteiger partial charge in [0.15, 0.2) is 0 Å². The monoisotopic (exact) mass is 411 g/mol. The fraction of sp³-hybridized carbons (Fsp3) is 0.455. The minimum absolute atomic E-state index is 0.113.